The van der Waals surface area contributed by atoms with Gasteiger partial charge in [-0.05, 0) is 61.1 Å². The second-order valence-electron chi connectivity index (χ2n) is 10.9. The van der Waals surface area contributed by atoms with Gasteiger partial charge in [-0.1, -0.05) is 51.3 Å². The van der Waals surface area contributed by atoms with Crippen LogP contribution in [0, 0.1) is 24.7 Å². The number of hydrogen-bond acceptors (Lipinski definition) is 6. The van der Waals surface area contributed by atoms with E-state index in [0.29, 0.717) is 21.8 Å². The highest BCUT2D eigenvalue weighted by Crippen LogP contribution is 2.65. The van der Waals surface area contributed by atoms with E-state index in [2.05, 4.69) is 15.9 Å². The third-order valence-corrected chi connectivity index (χ3v) is 11.3. The van der Waals surface area contributed by atoms with Gasteiger partial charge in [0.15, 0.2) is 21.2 Å². The molecule has 0 spiro atoms. The number of aromatic hydroxyl groups is 1. The van der Waals surface area contributed by atoms with Crippen molar-refractivity contribution in [3.05, 3.63) is 64.2 Å². The SMILES string of the molecule is COc1cc(C2C3=CCC4C(=O)N(c5ccc(C)c(Cl)c5)C(=O)C4C3CC3(Cl)C(=O)N(CBr)C(=O)C23Cl)ccc1O. The Morgan fingerprint density at radius 2 is 1.78 bits per heavy atom. The summed E-state index contributed by atoms with van der Waals surface area (Å²) < 4.78 is 5.32. The van der Waals surface area contributed by atoms with E-state index >= 15 is 0 Å². The average Bonchev–Trinajstić information content (AvgIpc) is 3.28. The van der Waals surface area contributed by atoms with E-state index in [1.54, 1.807) is 30.3 Å². The van der Waals surface area contributed by atoms with Crippen molar-refractivity contribution in [2.24, 2.45) is 17.8 Å². The number of benzene rings is 2. The topological polar surface area (TPSA) is 104 Å². The van der Waals surface area contributed by atoms with E-state index in [-0.39, 0.29) is 35.7 Å². The number of halogens is 4. The van der Waals surface area contributed by atoms with E-state index in [1.807, 2.05) is 13.0 Å². The van der Waals surface area contributed by atoms with Crippen molar-refractivity contribution in [2.75, 3.05) is 17.5 Å². The van der Waals surface area contributed by atoms with Gasteiger partial charge in [-0.2, -0.15) is 0 Å². The van der Waals surface area contributed by atoms with Crippen molar-refractivity contribution >= 4 is 80.0 Å². The molecule has 2 aromatic rings. The Kier molecular flexibility index (Phi) is 6.77. The number of rotatable bonds is 4. The van der Waals surface area contributed by atoms with E-state index in [4.69, 9.17) is 39.5 Å². The second kappa shape index (κ2) is 9.73. The number of nitrogens with zero attached hydrogens (tertiary/aromatic N) is 2. The number of carbonyl (C=O) groups excluding carboxylic acids is 4. The number of likely N-dealkylation sites (tertiary alicyclic amines) is 1. The van der Waals surface area contributed by atoms with Crippen molar-refractivity contribution < 1.29 is 29.0 Å². The van der Waals surface area contributed by atoms with Crippen molar-refractivity contribution in [1.82, 2.24) is 4.90 Å². The molecule has 2 aromatic carbocycles. The molecule has 2 aliphatic heterocycles. The van der Waals surface area contributed by atoms with E-state index < -0.39 is 51.1 Å². The predicted octanol–water partition coefficient (Wildman–Crippen LogP) is 5.28. The Morgan fingerprint density at radius 1 is 1.05 bits per heavy atom. The molecule has 3 fully saturated rings. The van der Waals surface area contributed by atoms with Gasteiger partial charge in [-0.25, -0.2) is 4.90 Å². The molecule has 6 atom stereocenters. The molecule has 2 aliphatic carbocycles. The second-order valence-corrected chi connectivity index (χ2v) is 13.0. The number of hydrogen-bond donors (Lipinski definition) is 1. The molecule has 6 unspecified atom stereocenters. The Morgan fingerprint density at radius 3 is 2.44 bits per heavy atom. The van der Waals surface area contributed by atoms with Gasteiger partial charge in [0.2, 0.25) is 11.8 Å². The molecule has 8 nitrogen and oxygen atoms in total. The summed E-state index contributed by atoms with van der Waals surface area (Å²) in [5, 5.41) is 10.7. The van der Waals surface area contributed by atoms with E-state index in [1.165, 1.54) is 13.2 Å². The minimum atomic E-state index is -1.94. The van der Waals surface area contributed by atoms with Crippen LogP contribution in [-0.4, -0.2) is 55.9 Å². The Bertz CT molecular complexity index is 1580. The number of aryl methyl sites for hydroxylation is 1. The molecule has 4 amide bonds. The standard InChI is InChI=1S/C29H24BrCl3N2O6/c1-13-3-5-15(10-19(13)31)35-24(37)17-7-6-16-18(22(17)25(35)38)11-28(32)26(39)34(12-30)27(40)29(28,33)23(16)14-4-8-20(36)21(9-14)41-2/h3-6,8-10,17-18,22-23,36H,7,11-12H2,1-2H3. The number of fused-ring (bicyclic) bond motifs is 4. The van der Waals surface area contributed by atoms with Crippen LogP contribution in [0.3, 0.4) is 0 Å². The highest BCUT2D eigenvalue weighted by atomic mass is 79.9. The van der Waals surface area contributed by atoms with E-state index in [9.17, 15) is 24.3 Å². The molecule has 2 heterocycles. The number of anilines is 1. The van der Waals surface area contributed by atoms with E-state index in [0.717, 1.165) is 15.4 Å². The van der Waals surface area contributed by atoms with Gasteiger partial charge in [-0.3, -0.25) is 24.1 Å². The maximum atomic E-state index is 14.1. The summed E-state index contributed by atoms with van der Waals surface area (Å²) in [4.78, 5) is 53.6. The number of ether oxygens (including phenoxy) is 1. The van der Waals surface area contributed by atoms with Gasteiger partial charge in [0.25, 0.3) is 11.8 Å². The Hall–Kier alpha value is -2.59. The predicted molar refractivity (Wildman–Crippen MR) is 157 cm³/mol. The first-order valence-electron chi connectivity index (χ1n) is 12.9. The fourth-order valence-corrected chi connectivity index (χ4v) is 8.58. The number of phenolic OH excluding ortho intramolecular Hbond substituents is 1. The monoisotopic (exact) mass is 680 g/mol. The summed E-state index contributed by atoms with van der Waals surface area (Å²) in [6, 6.07) is 9.56. The van der Waals surface area contributed by atoms with Crippen LogP contribution < -0.4 is 9.64 Å². The summed E-state index contributed by atoms with van der Waals surface area (Å²) >= 11 is 24.0. The molecule has 6 rings (SSSR count). The maximum Gasteiger partial charge on any atom is 0.254 e. The molecule has 1 N–H and O–H groups in total. The number of imide groups is 2. The fourth-order valence-electron chi connectivity index (χ4n) is 6.98. The number of allylic oxidation sites excluding steroid dienone is 2. The first-order chi connectivity index (χ1) is 19.4. The van der Waals surface area contributed by atoms with Gasteiger partial charge in [0.1, 0.15) is 0 Å². The van der Waals surface area contributed by atoms with Gasteiger partial charge in [0, 0.05) is 10.9 Å². The number of alkyl halides is 3. The first-order valence-corrected chi connectivity index (χ1v) is 15.2. The zero-order valence-corrected chi connectivity index (χ0v) is 25.7. The third kappa shape index (κ3) is 3.71. The van der Waals surface area contributed by atoms with Crippen molar-refractivity contribution in [1.29, 1.82) is 0 Å². The molecular weight excluding hydrogens is 659 g/mol. The molecule has 1 saturated carbocycles. The minimum absolute atomic E-state index is 0.117. The summed E-state index contributed by atoms with van der Waals surface area (Å²) in [5.41, 5.74) is 2.18. The number of carbonyl (C=O) groups is 4. The number of methoxy groups -OCH3 is 1. The number of amides is 4. The first kappa shape index (κ1) is 28.5. The highest BCUT2D eigenvalue weighted by molar-refractivity contribution is 9.09. The van der Waals surface area contributed by atoms with Crippen LogP contribution in [0.15, 0.2) is 48.0 Å². The highest BCUT2D eigenvalue weighted by Gasteiger charge is 2.76. The fraction of sp³-hybridized carbons (Fsp3) is 0.379. The molecule has 214 valence electrons. The summed E-state index contributed by atoms with van der Waals surface area (Å²) in [6.45, 7) is 1.82. The largest absolute Gasteiger partial charge is 0.504 e. The summed E-state index contributed by atoms with van der Waals surface area (Å²) in [5.74, 6) is -5.25. The quantitative estimate of drug-likeness (QED) is 0.204. The lowest BCUT2D eigenvalue weighted by Gasteiger charge is -2.50. The lowest BCUT2D eigenvalue weighted by atomic mass is 9.56. The zero-order chi connectivity index (χ0) is 29.6. The Balaban J connectivity index is 1.52. The molecule has 41 heavy (non-hydrogen) atoms. The molecular formula is C29H24BrCl3N2O6. The number of phenols is 1. The van der Waals surface area contributed by atoms with Gasteiger partial charge >= 0.3 is 0 Å². The van der Waals surface area contributed by atoms with Crippen molar-refractivity contribution in [3.63, 3.8) is 0 Å². The third-order valence-electron chi connectivity index (χ3n) is 8.97. The average molecular weight is 683 g/mol. The Labute approximate surface area is 259 Å². The van der Waals surface area contributed by atoms with Crippen molar-refractivity contribution in [2.45, 2.75) is 35.4 Å². The van der Waals surface area contributed by atoms with Crippen LogP contribution in [-0.2, 0) is 19.2 Å². The maximum absolute atomic E-state index is 14.1. The summed E-state index contributed by atoms with van der Waals surface area (Å²) in [6.07, 6.45) is 1.96. The van der Waals surface area contributed by atoms with Crippen LogP contribution in [0.4, 0.5) is 5.69 Å². The van der Waals surface area contributed by atoms with Gasteiger partial charge in [-0.15, -0.1) is 23.2 Å². The molecule has 0 bridgehead atoms. The smallest absolute Gasteiger partial charge is 0.254 e. The summed E-state index contributed by atoms with van der Waals surface area (Å²) in [7, 11) is 1.39. The van der Waals surface area contributed by atoms with Crippen LogP contribution in [0.25, 0.3) is 0 Å². The van der Waals surface area contributed by atoms with Crippen molar-refractivity contribution in [3.8, 4) is 11.5 Å². The normalized spacial score (nSPS) is 32.6. The molecule has 4 aliphatic rings. The lowest BCUT2D eigenvalue weighted by Crippen LogP contribution is -2.60. The van der Waals surface area contributed by atoms with Crippen LogP contribution in [0.1, 0.15) is 29.9 Å². The molecule has 0 radical (unpaired) electrons. The molecule has 2 saturated heterocycles. The van der Waals surface area contributed by atoms with Gasteiger partial charge < -0.3 is 9.84 Å². The molecule has 12 heteroatoms. The zero-order valence-electron chi connectivity index (χ0n) is 21.9. The lowest BCUT2D eigenvalue weighted by molar-refractivity contribution is -0.138. The van der Waals surface area contributed by atoms with Crippen LogP contribution in [0.5, 0.6) is 11.5 Å². The molecule has 0 aromatic heterocycles. The van der Waals surface area contributed by atoms with Crippen LogP contribution >= 0.6 is 50.7 Å². The van der Waals surface area contributed by atoms with Crippen LogP contribution in [0.2, 0.25) is 5.02 Å². The minimum Gasteiger partial charge on any atom is -0.504 e. The van der Waals surface area contributed by atoms with Gasteiger partial charge in [0.05, 0.1) is 30.1 Å².